The molecule has 0 saturated carbocycles. The molecule has 0 aliphatic heterocycles. The van der Waals surface area contributed by atoms with E-state index in [9.17, 15) is 9.18 Å². The second kappa shape index (κ2) is 6.98. The van der Waals surface area contributed by atoms with Crippen LogP contribution in [0.1, 0.15) is 15.9 Å². The number of benzene rings is 2. The van der Waals surface area contributed by atoms with E-state index in [1.807, 2.05) is 0 Å². The van der Waals surface area contributed by atoms with Crippen molar-refractivity contribution >= 4 is 35.1 Å². The summed E-state index contributed by atoms with van der Waals surface area (Å²) in [5.74, 6) is -0.587. The van der Waals surface area contributed by atoms with Gasteiger partial charge in [-0.15, -0.1) is 5.10 Å². The topological polar surface area (TPSA) is 59.8 Å². The molecule has 8 heteroatoms. The van der Waals surface area contributed by atoms with Crippen LogP contribution in [0.15, 0.2) is 48.8 Å². The molecule has 2 aromatic carbocycles. The maximum Gasteiger partial charge on any atom is 0.258 e. The van der Waals surface area contributed by atoms with Crippen LogP contribution in [-0.4, -0.2) is 20.7 Å². The smallest absolute Gasteiger partial charge is 0.258 e. The molecular weight excluding hydrogens is 354 g/mol. The quantitative estimate of drug-likeness (QED) is 0.760. The zero-order valence-corrected chi connectivity index (χ0v) is 13.7. The molecule has 24 heavy (non-hydrogen) atoms. The molecule has 3 aromatic rings. The zero-order valence-electron chi connectivity index (χ0n) is 12.2. The van der Waals surface area contributed by atoms with Crippen molar-refractivity contribution in [1.29, 1.82) is 0 Å². The second-order valence-corrected chi connectivity index (χ2v) is 5.81. The molecule has 1 N–H and O–H groups in total. The minimum Gasteiger partial charge on any atom is -0.289 e. The number of aromatic nitrogens is 3. The van der Waals surface area contributed by atoms with Crippen molar-refractivity contribution in [2.75, 3.05) is 5.32 Å². The SMILES string of the molecule is O=C(Nc1ncn(Cc2ccc(F)cc2Cl)n1)c1ccc(Cl)cc1. The van der Waals surface area contributed by atoms with Gasteiger partial charge in [-0.1, -0.05) is 29.3 Å². The first-order chi connectivity index (χ1) is 11.5. The lowest BCUT2D eigenvalue weighted by Crippen LogP contribution is -2.13. The average Bonchev–Trinajstić information content (AvgIpc) is 2.98. The molecule has 0 atom stereocenters. The van der Waals surface area contributed by atoms with Gasteiger partial charge in [-0.2, -0.15) is 0 Å². The summed E-state index contributed by atoms with van der Waals surface area (Å²) in [4.78, 5) is 16.1. The van der Waals surface area contributed by atoms with Crippen LogP contribution in [0.3, 0.4) is 0 Å². The third kappa shape index (κ3) is 3.90. The van der Waals surface area contributed by atoms with Crippen LogP contribution in [0.2, 0.25) is 10.0 Å². The second-order valence-electron chi connectivity index (χ2n) is 4.96. The van der Waals surface area contributed by atoms with Crippen LogP contribution in [0.4, 0.5) is 10.3 Å². The highest BCUT2D eigenvalue weighted by molar-refractivity contribution is 6.31. The predicted octanol–water partition coefficient (Wildman–Crippen LogP) is 4.02. The predicted molar refractivity (Wildman–Crippen MR) is 89.9 cm³/mol. The van der Waals surface area contributed by atoms with Crippen LogP contribution < -0.4 is 5.32 Å². The fourth-order valence-electron chi connectivity index (χ4n) is 2.03. The highest BCUT2D eigenvalue weighted by Crippen LogP contribution is 2.18. The molecule has 1 aromatic heterocycles. The lowest BCUT2D eigenvalue weighted by atomic mass is 10.2. The summed E-state index contributed by atoms with van der Waals surface area (Å²) in [6, 6.07) is 10.6. The average molecular weight is 365 g/mol. The van der Waals surface area contributed by atoms with E-state index >= 15 is 0 Å². The summed E-state index contributed by atoms with van der Waals surface area (Å²) in [5, 5.41) is 7.59. The molecule has 0 bridgehead atoms. The first kappa shape index (κ1) is 16.4. The van der Waals surface area contributed by atoms with Gasteiger partial charge >= 0.3 is 0 Å². The van der Waals surface area contributed by atoms with Crippen LogP contribution in [0.25, 0.3) is 0 Å². The van der Waals surface area contributed by atoms with Crippen molar-refractivity contribution in [3.05, 3.63) is 75.8 Å². The summed E-state index contributed by atoms with van der Waals surface area (Å²) < 4.78 is 14.5. The number of nitrogens with one attached hydrogen (secondary N) is 1. The molecule has 1 heterocycles. The number of carbonyl (C=O) groups excluding carboxylic acids is 1. The molecular formula is C16H11Cl2FN4O. The molecule has 0 radical (unpaired) electrons. The van der Waals surface area contributed by atoms with Gasteiger partial charge in [0.2, 0.25) is 5.95 Å². The number of hydrogen-bond donors (Lipinski definition) is 1. The Kier molecular flexibility index (Phi) is 4.78. The van der Waals surface area contributed by atoms with Gasteiger partial charge in [-0.05, 0) is 42.0 Å². The van der Waals surface area contributed by atoms with E-state index in [0.717, 1.165) is 0 Å². The van der Waals surface area contributed by atoms with E-state index < -0.39 is 5.82 Å². The Morgan fingerprint density at radius 3 is 2.62 bits per heavy atom. The van der Waals surface area contributed by atoms with Gasteiger partial charge in [0, 0.05) is 15.6 Å². The largest absolute Gasteiger partial charge is 0.289 e. The van der Waals surface area contributed by atoms with Crippen LogP contribution >= 0.6 is 23.2 Å². The lowest BCUT2D eigenvalue weighted by Gasteiger charge is -2.04. The summed E-state index contributed by atoms with van der Waals surface area (Å²) in [5.41, 5.74) is 1.14. The molecule has 1 amide bonds. The van der Waals surface area contributed by atoms with Crippen LogP contribution in [-0.2, 0) is 6.54 Å². The van der Waals surface area contributed by atoms with Crippen LogP contribution in [0.5, 0.6) is 0 Å². The standard InChI is InChI=1S/C16H11Cl2FN4O/c17-12-4-1-10(2-5-12)15(24)21-16-20-9-23(22-16)8-11-3-6-13(19)7-14(11)18/h1-7,9H,8H2,(H,21,22,24). The summed E-state index contributed by atoms with van der Waals surface area (Å²) >= 11 is 11.8. The van der Waals surface area contributed by atoms with Crippen molar-refractivity contribution in [2.24, 2.45) is 0 Å². The van der Waals surface area contributed by atoms with Gasteiger partial charge in [0.25, 0.3) is 5.91 Å². The minimum atomic E-state index is -0.404. The Labute approximate surface area is 147 Å². The van der Waals surface area contributed by atoms with E-state index in [-0.39, 0.29) is 11.9 Å². The molecule has 0 aliphatic carbocycles. The number of rotatable bonds is 4. The Hall–Kier alpha value is -2.44. The third-order valence-corrected chi connectivity index (χ3v) is 3.82. The first-order valence-electron chi connectivity index (χ1n) is 6.91. The lowest BCUT2D eigenvalue weighted by molar-refractivity contribution is 0.102. The Balaban J connectivity index is 1.69. The van der Waals surface area contributed by atoms with Gasteiger partial charge in [-0.25, -0.2) is 14.1 Å². The van der Waals surface area contributed by atoms with E-state index in [2.05, 4.69) is 15.4 Å². The number of amides is 1. The summed E-state index contributed by atoms with van der Waals surface area (Å²) in [6.45, 7) is 0.308. The number of nitrogens with zero attached hydrogens (tertiary/aromatic N) is 3. The van der Waals surface area contributed by atoms with E-state index in [0.29, 0.717) is 27.7 Å². The van der Waals surface area contributed by atoms with E-state index in [4.69, 9.17) is 23.2 Å². The maximum absolute atomic E-state index is 13.0. The van der Waals surface area contributed by atoms with Gasteiger partial charge in [0.15, 0.2) is 0 Å². The van der Waals surface area contributed by atoms with E-state index in [1.165, 1.54) is 23.1 Å². The fraction of sp³-hybridized carbons (Fsp3) is 0.0625. The number of hydrogen-bond acceptors (Lipinski definition) is 3. The van der Waals surface area contributed by atoms with Crippen molar-refractivity contribution in [1.82, 2.24) is 14.8 Å². The molecule has 3 rings (SSSR count). The minimum absolute atomic E-state index is 0.160. The van der Waals surface area contributed by atoms with Gasteiger partial charge in [-0.3, -0.25) is 10.1 Å². The van der Waals surface area contributed by atoms with E-state index in [1.54, 1.807) is 30.3 Å². The number of halogens is 3. The highest BCUT2D eigenvalue weighted by Gasteiger charge is 2.10. The summed E-state index contributed by atoms with van der Waals surface area (Å²) in [6.07, 6.45) is 1.46. The van der Waals surface area contributed by atoms with Crippen LogP contribution in [0, 0.1) is 5.82 Å². The van der Waals surface area contributed by atoms with Crippen molar-refractivity contribution in [3.8, 4) is 0 Å². The van der Waals surface area contributed by atoms with Gasteiger partial charge in [0.05, 0.1) is 6.54 Å². The Bertz CT molecular complexity index is 880. The molecule has 0 spiro atoms. The first-order valence-corrected chi connectivity index (χ1v) is 7.67. The van der Waals surface area contributed by atoms with Crippen molar-refractivity contribution in [2.45, 2.75) is 6.54 Å². The van der Waals surface area contributed by atoms with Crippen molar-refractivity contribution < 1.29 is 9.18 Å². The number of carbonyl (C=O) groups is 1. The normalized spacial score (nSPS) is 10.6. The Morgan fingerprint density at radius 2 is 1.92 bits per heavy atom. The van der Waals surface area contributed by atoms with Gasteiger partial charge in [0.1, 0.15) is 12.1 Å². The Morgan fingerprint density at radius 1 is 1.17 bits per heavy atom. The third-order valence-electron chi connectivity index (χ3n) is 3.22. The molecule has 0 saturated heterocycles. The van der Waals surface area contributed by atoms with Gasteiger partial charge < -0.3 is 0 Å². The molecule has 122 valence electrons. The number of anilines is 1. The highest BCUT2D eigenvalue weighted by atomic mass is 35.5. The fourth-order valence-corrected chi connectivity index (χ4v) is 2.38. The summed E-state index contributed by atoms with van der Waals surface area (Å²) in [7, 11) is 0. The molecule has 0 unspecified atom stereocenters. The molecule has 5 nitrogen and oxygen atoms in total. The molecule has 0 aliphatic rings. The van der Waals surface area contributed by atoms with Crippen molar-refractivity contribution in [3.63, 3.8) is 0 Å². The maximum atomic E-state index is 13.0. The monoisotopic (exact) mass is 364 g/mol. The molecule has 0 fully saturated rings. The zero-order chi connectivity index (χ0) is 17.1.